The SMILES string of the molecule is Cc1cc(Cl)c([N+](=O)[O-])cc1S(=O)(=O)N(C)C(C)CC#N. The molecule has 1 atom stereocenters. The molecule has 1 aromatic rings. The molecule has 9 heteroatoms. The van der Waals surface area contributed by atoms with Gasteiger partial charge in [-0.2, -0.15) is 9.57 Å². The predicted octanol–water partition coefficient (Wildman–Crippen LogP) is 2.48. The minimum absolute atomic E-state index is 0.0183. The Hall–Kier alpha value is -1.69. The van der Waals surface area contributed by atoms with Crippen LogP contribution in [0.2, 0.25) is 5.02 Å². The van der Waals surface area contributed by atoms with E-state index in [4.69, 9.17) is 16.9 Å². The van der Waals surface area contributed by atoms with Crippen LogP contribution in [0.3, 0.4) is 0 Å². The second-order valence-corrected chi connectivity index (χ2v) is 6.93. The summed E-state index contributed by atoms with van der Waals surface area (Å²) in [6.45, 7) is 3.09. The smallest absolute Gasteiger partial charge is 0.258 e. The van der Waals surface area contributed by atoms with Crippen LogP contribution in [0.15, 0.2) is 17.0 Å². The summed E-state index contributed by atoms with van der Waals surface area (Å²) in [5.74, 6) is 0. The van der Waals surface area contributed by atoms with Crippen molar-refractivity contribution >= 4 is 27.3 Å². The van der Waals surface area contributed by atoms with Crippen LogP contribution in [0, 0.1) is 28.4 Å². The van der Waals surface area contributed by atoms with Gasteiger partial charge in [0.15, 0.2) is 0 Å². The maximum Gasteiger partial charge on any atom is 0.289 e. The van der Waals surface area contributed by atoms with Crippen LogP contribution in [-0.2, 0) is 10.0 Å². The Bertz CT molecular complexity index is 712. The van der Waals surface area contributed by atoms with Gasteiger partial charge in [0.2, 0.25) is 10.0 Å². The molecule has 0 N–H and O–H groups in total. The molecule has 0 heterocycles. The maximum atomic E-state index is 12.5. The fourth-order valence-corrected chi connectivity index (χ4v) is 3.58. The first-order valence-corrected chi connectivity index (χ1v) is 7.74. The Morgan fingerprint density at radius 3 is 2.57 bits per heavy atom. The second kappa shape index (κ2) is 6.39. The number of benzene rings is 1. The third-order valence-electron chi connectivity index (χ3n) is 3.11. The number of sulfonamides is 1. The molecule has 0 bridgehead atoms. The third kappa shape index (κ3) is 3.50. The number of nitrogens with zero attached hydrogens (tertiary/aromatic N) is 3. The van der Waals surface area contributed by atoms with E-state index in [1.54, 1.807) is 6.92 Å². The Labute approximate surface area is 127 Å². The van der Waals surface area contributed by atoms with Gasteiger partial charge in [-0.3, -0.25) is 10.1 Å². The van der Waals surface area contributed by atoms with Crippen LogP contribution in [0.4, 0.5) is 5.69 Å². The summed E-state index contributed by atoms with van der Waals surface area (Å²) in [6.07, 6.45) is 0.0183. The van der Waals surface area contributed by atoms with Crippen molar-refractivity contribution in [1.82, 2.24) is 4.31 Å². The van der Waals surface area contributed by atoms with Gasteiger partial charge >= 0.3 is 0 Å². The monoisotopic (exact) mass is 331 g/mol. The standard InChI is InChI=1S/C12H14ClN3O4S/c1-8-6-10(13)11(16(17)18)7-12(8)21(19,20)15(3)9(2)4-5-14/h6-7,9H,4H2,1-3H3. The minimum atomic E-state index is -3.94. The van der Waals surface area contributed by atoms with E-state index in [9.17, 15) is 18.5 Å². The maximum absolute atomic E-state index is 12.5. The van der Waals surface area contributed by atoms with Gasteiger partial charge in [0.1, 0.15) is 5.02 Å². The molecule has 1 aromatic carbocycles. The number of rotatable bonds is 5. The summed E-state index contributed by atoms with van der Waals surface area (Å²) in [5, 5.41) is 19.4. The molecule has 0 saturated heterocycles. The highest BCUT2D eigenvalue weighted by Gasteiger charge is 2.29. The van der Waals surface area contributed by atoms with Gasteiger partial charge in [-0.25, -0.2) is 8.42 Å². The summed E-state index contributed by atoms with van der Waals surface area (Å²) in [7, 11) is -2.61. The predicted molar refractivity (Wildman–Crippen MR) is 77.5 cm³/mol. The number of nitriles is 1. The summed E-state index contributed by atoms with van der Waals surface area (Å²) >= 11 is 5.75. The lowest BCUT2D eigenvalue weighted by atomic mass is 10.2. The first kappa shape index (κ1) is 17.4. The highest BCUT2D eigenvalue weighted by Crippen LogP contribution is 2.31. The number of hydrogen-bond acceptors (Lipinski definition) is 5. The van der Waals surface area contributed by atoms with Gasteiger partial charge in [0.25, 0.3) is 5.69 Å². The largest absolute Gasteiger partial charge is 0.289 e. The van der Waals surface area contributed by atoms with Gasteiger partial charge in [-0.1, -0.05) is 11.6 Å². The lowest BCUT2D eigenvalue weighted by Crippen LogP contribution is -2.35. The van der Waals surface area contributed by atoms with E-state index in [1.807, 2.05) is 6.07 Å². The molecule has 0 spiro atoms. The molecule has 0 radical (unpaired) electrons. The van der Waals surface area contributed by atoms with E-state index >= 15 is 0 Å². The van der Waals surface area contributed by atoms with E-state index in [2.05, 4.69) is 0 Å². The molecule has 0 amide bonds. The van der Waals surface area contributed by atoms with E-state index in [1.165, 1.54) is 20.0 Å². The molecule has 0 aliphatic carbocycles. The van der Waals surface area contributed by atoms with Gasteiger partial charge in [0.05, 0.1) is 22.3 Å². The van der Waals surface area contributed by atoms with Crippen molar-refractivity contribution in [2.24, 2.45) is 0 Å². The number of nitro benzene ring substituents is 1. The average Bonchev–Trinajstić information content (AvgIpc) is 2.37. The number of hydrogen-bond donors (Lipinski definition) is 0. The first-order chi connectivity index (χ1) is 9.62. The van der Waals surface area contributed by atoms with E-state index in [0.29, 0.717) is 5.56 Å². The van der Waals surface area contributed by atoms with Crippen molar-refractivity contribution < 1.29 is 13.3 Å². The van der Waals surface area contributed by atoms with Crippen molar-refractivity contribution in [2.45, 2.75) is 31.2 Å². The molecule has 1 unspecified atom stereocenters. The van der Waals surface area contributed by atoms with Crippen molar-refractivity contribution in [2.75, 3.05) is 7.05 Å². The normalized spacial score (nSPS) is 13.0. The highest BCUT2D eigenvalue weighted by molar-refractivity contribution is 7.89. The average molecular weight is 332 g/mol. The van der Waals surface area contributed by atoms with Crippen LogP contribution in [-0.4, -0.2) is 30.7 Å². The lowest BCUT2D eigenvalue weighted by Gasteiger charge is -2.23. The van der Waals surface area contributed by atoms with E-state index in [0.717, 1.165) is 10.4 Å². The zero-order valence-electron chi connectivity index (χ0n) is 11.7. The van der Waals surface area contributed by atoms with Crippen LogP contribution in [0.5, 0.6) is 0 Å². The number of nitro groups is 1. The Morgan fingerprint density at radius 2 is 2.10 bits per heavy atom. The lowest BCUT2D eigenvalue weighted by molar-refractivity contribution is -0.384. The third-order valence-corrected chi connectivity index (χ3v) is 5.52. The van der Waals surface area contributed by atoms with Crippen LogP contribution < -0.4 is 0 Å². The summed E-state index contributed by atoms with van der Waals surface area (Å²) in [4.78, 5) is 9.96. The highest BCUT2D eigenvalue weighted by atomic mass is 35.5. The molecule has 0 aliphatic rings. The molecule has 0 aromatic heterocycles. The van der Waals surface area contributed by atoms with Crippen molar-refractivity contribution in [3.63, 3.8) is 0 Å². The van der Waals surface area contributed by atoms with Crippen LogP contribution in [0.25, 0.3) is 0 Å². The van der Waals surface area contributed by atoms with Crippen molar-refractivity contribution in [3.8, 4) is 6.07 Å². The number of halogens is 1. The molecular formula is C12H14ClN3O4S. The van der Waals surface area contributed by atoms with E-state index in [-0.39, 0.29) is 16.3 Å². The molecular weight excluding hydrogens is 318 g/mol. The molecule has 0 aliphatic heterocycles. The van der Waals surface area contributed by atoms with Crippen molar-refractivity contribution in [1.29, 1.82) is 5.26 Å². The summed E-state index contributed by atoms with van der Waals surface area (Å²) in [5.41, 5.74) is -0.163. The summed E-state index contributed by atoms with van der Waals surface area (Å²) < 4.78 is 26.0. The van der Waals surface area contributed by atoms with Gasteiger partial charge in [0, 0.05) is 19.2 Å². The van der Waals surface area contributed by atoms with Crippen LogP contribution >= 0.6 is 11.6 Å². The van der Waals surface area contributed by atoms with Crippen LogP contribution in [0.1, 0.15) is 18.9 Å². The molecule has 0 saturated carbocycles. The molecule has 114 valence electrons. The molecule has 21 heavy (non-hydrogen) atoms. The Balaban J connectivity index is 3.42. The zero-order chi connectivity index (χ0) is 16.4. The number of aryl methyl sites for hydroxylation is 1. The Kier molecular flexibility index (Phi) is 5.28. The van der Waals surface area contributed by atoms with Crippen molar-refractivity contribution in [3.05, 3.63) is 32.8 Å². The first-order valence-electron chi connectivity index (χ1n) is 5.92. The van der Waals surface area contributed by atoms with Gasteiger partial charge < -0.3 is 0 Å². The quantitative estimate of drug-likeness (QED) is 0.608. The molecule has 0 fully saturated rings. The van der Waals surface area contributed by atoms with Gasteiger partial charge in [-0.05, 0) is 25.5 Å². The summed E-state index contributed by atoms with van der Waals surface area (Å²) in [6, 6.07) is 3.54. The fraction of sp³-hybridized carbons (Fsp3) is 0.417. The minimum Gasteiger partial charge on any atom is -0.258 e. The zero-order valence-corrected chi connectivity index (χ0v) is 13.3. The second-order valence-electron chi connectivity index (χ2n) is 4.56. The fourth-order valence-electron chi connectivity index (χ4n) is 1.71. The van der Waals surface area contributed by atoms with Gasteiger partial charge in [-0.15, -0.1) is 0 Å². The molecule has 7 nitrogen and oxygen atoms in total. The Morgan fingerprint density at radius 1 is 1.52 bits per heavy atom. The molecule has 1 rings (SSSR count). The topological polar surface area (TPSA) is 104 Å². The van der Waals surface area contributed by atoms with E-state index < -0.39 is 26.7 Å².